The Morgan fingerprint density at radius 3 is 2.76 bits per heavy atom. The quantitative estimate of drug-likeness (QED) is 0.278. The highest BCUT2D eigenvalue weighted by atomic mass is 31.2. The number of hydrogen-bond acceptors (Lipinski definition) is 11. The van der Waals surface area contributed by atoms with Crippen LogP contribution in [0.3, 0.4) is 0 Å². The number of rotatable bonds is 10. The molecule has 1 fully saturated rings. The minimum atomic E-state index is -4.37. The van der Waals surface area contributed by atoms with Crippen LogP contribution in [0.25, 0.3) is 0 Å². The number of benzene rings is 1. The second-order valence-corrected chi connectivity index (χ2v) is 10.7. The molecule has 4 rings (SSSR count). The highest BCUT2D eigenvalue weighted by Crippen LogP contribution is 2.48. The molecule has 0 bridgehead atoms. The Kier molecular flexibility index (Phi) is 7.95. The van der Waals surface area contributed by atoms with Crippen LogP contribution < -0.4 is 30.3 Å². The number of aliphatic hydroxyl groups excluding tert-OH is 1. The molecule has 0 radical (unpaired) electrons. The maximum Gasteiger partial charge on any atom is 0.459 e. The number of nitrogens with zero attached hydrogens (tertiary/aromatic N) is 1. The summed E-state index contributed by atoms with van der Waals surface area (Å²) in [6.07, 6.45) is -4.31. The van der Waals surface area contributed by atoms with Crippen LogP contribution in [0.5, 0.6) is 17.2 Å². The molecule has 2 aliphatic rings. The number of ether oxygens (including phenoxy) is 4. The number of carbonyl (C=O) groups is 1. The Morgan fingerprint density at radius 2 is 2.05 bits per heavy atom. The van der Waals surface area contributed by atoms with Crippen molar-refractivity contribution in [1.29, 1.82) is 0 Å². The van der Waals surface area contributed by atoms with Gasteiger partial charge in [0.25, 0.3) is 5.56 Å². The molecule has 2 aromatic rings. The molecule has 5 atom stereocenters. The normalized spacial score (nSPS) is 25.8. The number of fused-ring (bicyclic) bond motifs is 1. The van der Waals surface area contributed by atoms with Gasteiger partial charge in [0.2, 0.25) is 6.79 Å². The van der Waals surface area contributed by atoms with Gasteiger partial charge in [0.1, 0.15) is 24.5 Å². The van der Waals surface area contributed by atoms with E-state index in [-0.39, 0.29) is 12.5 Å². The molecule has 1 unspecified atom stereocenters. The first-order valence-electron chi connectivity index (χ1n) is 11.5. The van der Waals surface area contributed by atoms with Gasteiger partial charge in [-0.3, -0.25) is 23.7 Å². The molecular weight excluding hydrogens is 532 g/mol. The van der Waals surface area contributed by atoms with E-state index in [9.17, 15) is 24.1 Å². The summed E-state index contributed by atoms with van der Waals surface area (Å²) >= 11 is 0. The third kappa shape index (κ3) is 6.08. The second-order valence-electron chi connectivity index (χ2n) is 8.91. The lowest BCUT2D eigenvalue weighted by molar-refractivity contribution is -0.146. The van der Waals surface area contributed by atoms with E-state index in [0.717, 1.165) is 23.8 Å². The van der Waals surface area contributed by atoms with Crippen LogP contribution in [-0.2, 0) is 23.4 Å². The minimum Gasteiger partial charge on any atom is -0.462 e. The third-order valence-electron chi connectivity index (χ3n) is 5.58. The van der Waals surface area contributed by atoms with Crippen LogP contribution >= 0.6 is 7.75 Å². The first-order valence-corrected chi connectivity index (χ1v) is 13.0. The summed E-state index contributed by atoms with van der Waals surface area (Å²) in [5, 5.41) is 13.0. The highest BCUT2D eigenvalue weighted by molar-refractivity contribution is 7.52. The molecule has 14 nitrogen and oxygen atoms in total. The van der Waals surface area contributed by atoms with Crippen LogP contribution in [0.4, 0.5) is 4.39 Å². The third-order valence-corrected chi connectivity index (χ3v) is 7.07. The van der Waals surface area contributed by atoms with Gasteiger partial charge in [-0.25, -0.2) is 18.8 Å². The zero-order valence-electron chi connectivity index (χ0n) is 20.6. The van der Waals surface area contributed by atoms with Crippen LogP contribution in [-0.4, -0.2) is 64.6 Å². The smallest absolute Gasteiger partial charge is 0.459 e. The number of aliphatic hydroxyl groups is 1. The summed E-state index contributed by atoms with van der Waals surface area (Å²) in [7, 11) is -4.37. The molecule has 38 heavy (non-hydrogen) atoms. The number of esters is 1. The molecule has 16 heteroatoms. The summed E-state index contributed by atoms with van der Waals surface area (Å²) in [6, 6.07) is 5.32. The van der Waals surface area contributed by atoms with Crippen molar-refractivity contribution in [3.05, 3.63) is 51.3 Å². The van der Waals surface area contributed by atoms with Crippen molar-refractivity contribution in [2.75, 3.05) is 19.9 Å². The predicted octanol–water partition coefficient (Wildman–Crippen LogP) is 0.997. The number of hydrogen-bond donors (Lipinski definition) is 3. The van der Waals surface area contributed by atoms with E-state index in [4.69, 9.17) is 28.0 Å². The fourth-order valence-electron chi connectivity index (χ4n) is 3.78. The standard InChI is InChI=1S/C22H27FN3O11P/c1-12(2)35-18(28)9-24-38(31,37-13-4-5-14-15(8-13)33-11-32-14)34-10-16-19(29)22(3,23)20(36-16)26-7-6-17(27)25-21(26)30/h4-8,12,16,19-20,29H,9-11H2,1-3H3,(H,24,31)(H,25,27,30)/t16-,19-,20-,22-,38?/m1/s1. The van der Waals surface area contributed by atoms with E-state index in [0.29, 0.717) is 11.5 Å². The topological polar surface area (TPSA) is 177 Å². The monoisotopic (exact) mass is 559 g/mol. The maximum absolute atomic E-state index is 15.5. The summed E-state index contributed by atoms with van der Waals surface area (Å²) < 4.78 is 61.8. The fourth-order valence-corrected chi connectivity index (χ4v) is 5.04. The second kappa shape index (κ2) is 10.9. The number of nitrogens with one attached hydrogen (secondary N) is 2. The van der Waals surface area contributed by atoms with Crippen molar-refractivity contribution in [3.63, 3.8) is 0 Å². The SMILES string of the molecule is CC(C)OC(=O)CNP(=O)(OC[C@H]1O[C@@H](n2ccc(=O)[nH]c2=O)[C@](C)(F)[C@@H]1O)Oc1ccc2c(c1)OCO2. The van der Waals surface area contributed by atoms with Crippen molar-refractivity contribution < 1.29 is 46.9 Å². The van der Waals surface area contributed by atoms with E-state index < -0.39 is 68.3 Å². The first-order chi connectivity index (χ1) is 17.9. The molecule has 3 N–H and O–H groups in total. The van der Waals surface area contributed by atoms with Gasteiger partial charge >= 0.3 is 19.4 Å². The van der Waals surface area contributed by atoms with E-state index in [1.165, 1.54) is 18.2 Å². The molecule has 208 valence electrons. The number of carbonyl (C=O) groups excluding carboxylic acids is 1. The summed E-state index contributed by atoms with van der Waals surface area (Å²) in [4.78, 5) is 37.5. The van der Waals surface area contributed by atoms with Gasteiger partial charge in [-0.1, -0.05) is 0 Å². The van der Waals surface area contributed by atoms with Crippen molar-refractivity contribution in [2.24, 2.45) is 0 Å². The Labute approximate surface area is 215 Å². The van der Waals surface area contributed by atoms with Crippen molar-refractivity contribution in [1.82, 2.24) is 14.6 Å². The number of H-pyrrole nitrogens is 1. The largest absolute Gasteiger partial charge is 0.462 e. The van der Waals surface area contributed by atoms with Gasteiger partial charge in [-0.15, -0.1) is 0 Å². The summed E-state index contributed by atoms with van der Waals surface area (Å²) in [5.41, 5.74) is -4.16. The summed E-state index contributed by atoms with van der Waals surface area (Å²) in [6.45, 7) is 3.02. The van der Waals surface area contributed by atoms with Crippen LogP contribution in [0.1, 0.15) is 27.0 Å². The van der Waals surface area contributed by atoms with Crippen molar-refractivity contribution in [2.45, 2.75) is 51.0 Å². The number of halogens is 1. The average Bonchev–Trinajstić information content (AvgIpc) is 3.39. The van der Waals surface area contributed by atoms with Crippen LogP contribution in [0.2, 0.25) is 0 Å². The van der Waals surface area contributed by atoms with E-state index in [1.54, 1.807) is 13.8 Å². The lowest BCUT2D eigenvalue weighted by Crippen LogP contribution is -2.43. The molecule has 0 spiro atoms. The molecule has 0 saturated carbocycles. The van der Waals surface area contributed by atoms with Crippen LogP contribution in [0.15, 0.2) is 40.1 Å². The summed E-state index contributed by atoms with van der Waals surface area (Å²) in [5.74, 6) is 0.0484. The van der Waals surface area contributed by atoms with Gasteiger partial charge in [0, 0.05) is 18.3 Å². The first kappa shape index (κ1) is 27.8. The lowest BCUT2D eigenvalue weighted by atomic mass is 9.98. The molecule has 0 aliphatic carbocycles. The molecule has 1 aromatic carbocycles. The number of aromatic nitrogens is 2. The highest BCUT2D eigenvalue weighted by Gasteiger charge is 2.55. The van der Waals surface area contributed by atoms with Crippen LogP contribution in [0, 0.1) is 0 Å². The molecule has 2 aliphatic heterocycles. The molecule has 3 heterocycles. The number of alkyl halides is 1. The van der Waals surface area contributed by atoms with E-state index >= 15 is 4.39 Å². The average molecular weight is 559 g/mol. The Morgan fingerprint density at radius 1 is 1.32 bits per heavy atom. The Bertz CT molecular complexity index is 1340. The van der Waals surface area contributed by atoms with Gasteiger partial charge in [-0.2, -0.15) is 0 Å². The van der Waals surface area contributed by atoms with E-state index in [1.807, 2.05) is 4.98 Å². The Hall–Kier alpha value is -3.23. The van der Waals surface area contributed by atoms with E-state index in [2.05, 4.69) is 5.09 Å². The van der Waals surface area contributed by atoms with Gasteiger partial charge in [0.05, 0.1) is 12.7 Å². The van der Waals surface area contributed by atoms with Gasteiger partial charge < -0.3 is 28.6 Å². The van der Waals surface area contributed by atoms with Crippen molar-refractivity contribution in [3.8, 4) is 17.2 Å². The predicted molar refractivity (Wildman–Crippen MR) is 127 cm³/mol. The molecule has 1 aromatic heterocycles. The number of aromatic amines is 1. The zero-order chi connectivity index (χ0) is 27.7. The molecular formula is C22H27FN3O11P. The molecule has 0 amide bonds. The van der Waals surface area contributed by atoms with Gasteiger partial charge in [0.15, 0.2) is 23.4 Å². The zero-order valence-corrected chi connectivity index (χ0v) is 21.5. The minimum absolute atomic E-state index is 0.00922. The maximum atomic E-state index is 15.5. The molecule has 1 saturated heterocycles. The Balaban J connectivity index is 1.51. The van der Waals surface area contributed by atoms with Crippen molar-refractivity contribution >= 4 is 13.7 Å². The van der Waals surface area contributed by atoms with Gasteiger partial charge in [-0.05, 0) is 32.9 Å². The fraction of sp³-hybridized carbons (Fsp3) is 0.500. The lowest BCUT2D eigenvalue weighted by Gasteiger charge is -2.24.